The van der Waals surface area contributed by atoms with Gasteiger partial charge in [-0.25, -0.2) is 0 Å². The van der Waals surface area contributed by atoms with Crippen molar-refractivity contribution < 1.29 is 14.1 Å². The molecule has 9 heteroatoms. The van der Waals surface area contributed by atoms with Crippen LogP contribution in [0.1, 0.15) is 16.2 Å². The maximum atomic E-state index is 11.9. The van der Waals surface area contributed by atoms with Crippen LogP contribution in [0.4, 0.5) is 11.7 Å². The summed E-state index contributed by atoms with van der Waals surface area (Å²) in [6.07, 6.45) is 0. The van der Waals surface area contributed by atoms with E-state index in [2.05, 4.69) is 15.5 Å². The minimum atomic E-state index is -0.671. The molecule has 2 rings (SSSR count). The fraction of sp³-hybridized carbons (Fsp3) is 0.100. The lowest BCUT2D eigenvalue weighted by Crippen LogP contribution is -2.13. The summed E-state index contributed by atoms with van der Waals surface area (Å²) in [5.41, 5.74) is -0.400. The van der Waals surface area contributed by atoms with Gasteiger partial charge in [0, 0.05) is 13.0 Å². The second-order valence-electron chi connectivity index (χ2n) is 3.48. The zero-order chi connectivity index (χ0) is 14.0. The van der Waals surface area contributed by atoms with Crippen LogP contribution >= 0.6 is 11.6 Å². The van der Waals surface area contributed by atoms with E-state index in [-0.39, 0.29) is 28.2 Å². The van der Waals surface area contributed by atoms with E-state index in [1.807, 2.05) is 0 Å². The topological polar surface area (TPSA) is 111 Å². The lowest BCUT2D eigenvalue weighted by molar-refractivity contribution is -0.384. The first-order chi connectivity index (χ1) is 8.99. The minimum Gasteiger partial charge on any atom is -0.408 e. The molecule has 98 valence electrons. The summed E-state index contributed by atoms with van der Waals surface area (Å²) >= 11 is 5.80. The Kier molecular flexibility index (Phi) is 3.43. The summed E-state index contributed by atoms with van der Waals surface area (Å²) in [5, 5.41) is 19.9. The van der Waals surface area contributed by atoms with Crippen LogP contribution in [0.25, 0.3) is 0 Å². The molecular formula is C10H7ClN4O4. The monoisotopic (exact) mass is 282 g/mol. The van der Waals surface area contributed by atoms with Gasteiger partial charge in [0.1, 0.15) is 5.02 Å². The summed E-state index contributed by atoms with van der Waals surface area (Å²) in [5.74, 6) is -0.391. The molecular weight excluding hydrogens is 276 g/mol. The van der Waals surface area contributed by atoms with E-state index in [0.717, 1.165) is 0 Å². The van der Waals surface area contributed by atoms with Crippen molar-refractivity contribution in [3.63, 3.8) is 0 Å². The van der Waals surface area contributed by atoms with Gasteiger partial charge in [0.05, 0.1) is 10.5 Å². The number of halogens is 1. The van der Waals surface area contributed by atoms with E-state index in [4.69, 9.17) is 16.0 Å². The number of aromatic nitrogens is 2. The van der Waals surface area contributed by atoms with E-state index < -0.39 is 10.8 Å². The number of nitrogens with one attached hydrogen (secondary N) is 1. The number of nitro groups is 1. The third kappa shape index (κ3) is 2.68. The number of rotatable bonds is 3. The van der Waals surface area contributed by atoms with Gasteiger partial charge in [-0.15, -0.1) is 5.10 Å². The Bertz CT molecular complexity index is 655. The van der Waals surface area contributed by atoms with Gasteiger partial charge < -0.3 is 4.42 Å². The molecule has 0 unspecified atom stereocenters. The molecule has 0 saturated heterocycles. The van der Waals surface area contributed by atoms with Crippen LogP contribution < -0.4 is 5.32 Å². The maximum absolute atomic E-state index is 11.9. The molecule has 0 aliphatic rings. The van der Waals surface area contributed by atoms with Crippen LogP contribution in [-0.4, -0.2) is 21.0 Å². The Morgan fingerprint density at radius 1 is 1.47 bits per heavy atom. The summed E-state index contributed by atoms with van der Waals surface area (Å²) in [6, 6.07) is 3.81. The normalized spacial score (nSPS) is 10.2. The van der Waals surface area contributed by atoms with E-state index in [1.54, 1.807) is 6.92 Å². The molecule has 0 bridgehead atoms. The van der Waals surface area contributed by atoms with Crippen LogP contribution in [0.2, 0.25) is 5.02 Å². The molecule has 0 aliphatic heterocycles. The van der Waals surface area contributed by atoms with Gasteiger partial charge in [-0.3, -0.25) is 20.2 Å². The second kappa shape index (κ2) is 5.02. The van der Waals surface area contributed by atoms with E-state index in [0.29, 0.717) is 0 Å². The summed E-state index contributed by atoms with van der Waals surface area (Å²) < 4.78 is 4.96. The average molecular weight is 283 g/mol. The molecule has 1 aromatic heterocycles. The van der Waals surface area contributed by atoms with Crippen molar-refractivity contribution in [2.45, 2.75) is 6.92 Å². The number of aryl methyl sites for hydroxylation is 1. The highest BCUT2D eigenvalue weighted by atomic mass is 35.5. The predicted molar refractivity (Wildman–Crippen MR) is 65.1 cm³/mol. The molecule has 0 fully saturated rings. The van der Waals surface area contributed by atoms with Crippen LogP contribution in [0.15, 0.2) is 22.6 Å². The van der Waals surface area contributed by atoms with Crippen LogP contribution in [0.5, 0.6) is 0 Å². The highest BCUT2D eigenvalue weighted by molar-refractivity contribution is 6.36. The van der Waals surface area contributed by atoms with Gasteiger partial charge in [0.15, 0.2) is 0 Å². The number of carbonyl (C=O) groups excluding carboxylic acids is 1. The van der Waals surface area contributed by atoms with Crippen molar-refractivity contribution >= 4 is 29.2 Å². The molecule has 1 heterocycles. The molecule has 19 heavy (non-hydrogen) atoms. The van der Waals surface area contributed by atoms with Crippen LogP contribution in [-0.2, 0) is 0 Å². The Morgan fingerprint density at radius 2 is 2.21 bits per heavy atom. The number of nitro benzene ring substituents is 1. The SMILES string of the molecule is Cc1nnc(NC(=O)c2cccc([N+](=O)[O-])c2Cl)o1. The largest absolute Gasteiger partial charge is 0.408 e. The first-order valence-electron chi connectivity index (χ1n) is 5.03. The molecule has 1 N–H and O–H groups in total. The van der Waals surface area contributed by atoms with Crippen molar-refractivity contribution in [1.82, 2.24) is 10.2 Å². The summed E-state index contributed by atoms with van der Waals surface area (Å²) in [4.78, 5) is 21.9. The zero-order valence-electron chi connectivity index (χ0n) is 9.58. The Balaban J connectivity index is 2.29. The molecule has 0 aliphatic carbocycles. The quantitative estimate of drug-likeness (QED) is 0.682. The Labute approximate surface area is 111 Å². The van der Waals surface area contributed by atoms with E-state index >= 15 is 0 Å². The lowest BCUT2D eigenvalue weighted by atomic mass is 10.2. The van der Waals surface area contributed by atoms with Crippen molar-refractivity contribution in [2.24, 2.45) is 0 Å². The molecule has 0 saturated carbocycles. The van der Waals surface area contributed by atoms with Gasteiger partial charge >= 0.3 is 6.01 Å². The molecule has 1 amide bonds. The molecule has 0 spiro atoms. The Morgan fingerprint density at radius 3 is 2.79 bits per heavy atom. The third-order valence-corrected chi connectivity index (χ3v) is 2.56. The fourth-order valence-electron chi connectivity index (χ4n) is 1.35. The number of carbonyl (C=O) groups is 1. The fourth-order valence-corrected chi connectivity index (χ4v) is 1.63. The molecule has 8 nitrogen and oxygen atoms in total. The summed E-state index contributed by atoms with van der Waals surface area (Å²) in [7, 11) is 0. The molecule has 2 aromatic rings. The second-order valence-corrected chi connectivity index (χ2v) is 3.85. The van der Waals surface area contributed by atoms with Crippen molar-refractivity contribution in [3.05, 3.63) is 44.8 Å². The van der Waals surface area contributed by atoms with Gasteiger partial charge in [0.2, 0.25) is 5.89 Å². The number of nitrogens with zero attached hydrogens (tertiary/aromatic N) is 3. The predicted octanol–water partition coefficient (Wildman–Crippen LogP) is 2.19. The van der Waals surface area contributed by atoms with Gasteiger partial charge in [-0.2, -0.15) is 0 Å². The maximum Gasteiger partial charge on any atom is 0.322 e. The highest BCUT2D eigenvalue weighted by Crippen LogP contribution is 2.28. The highest BCUT2D eigenvalue weighted by Gasteiger charge is 2.20. The average Bonchev–Trinajstić information content (AvgIpc) is 2.74. The molecule has 0 atom stereocenters. The first kappa shape index (κ1) is 13.0. The number of amides is 1. The van der Waals surface area contributed by atoms with Crippen molar-refractivity contribution in [3.8, 4) is 0 Å². The van der Waals surface area contributed by atoms with Crippen molar-refractivity contribution in [1.29, 1.82) is 0 Å². The first-order valence-corrected chi connectivity index (χ1v) is 5.41. The molecule has 1 aromatic carbocycles. The van der Waals surface area contributed by atoms with Gasteiger partial charge in [0.25, 0.3) is 11.6 Å². The van der Waals surface area contributed by atoms with Crippen LogP contribution in [0, 0.1) is 17.0 Å². The van der Waals surface area contributed by atoms with Gasteiger partial charge in [-0.05, 0) is 6.07 Å². The lowest BCUT2D eigenvalue weighted by Gasteiger charge is -2.03. The smallest absolute Gasteiger partial charge is 0.322 e. The third-order valence-electron chi connectivity index (χ3n) is 2.17. The van der Waals surface area contributed by atoms with E-state index in [9.17, 15) is 14.9 Å². The molecule has 0 radical (unpaired) electrons. The minimum absolute atomic E-state index is 0.0493. The standard InChI is InChI=1S/C10H7ClN4O4/c1-5-13-14-10(19-5)12-9(16)6-3-2-4-7(8(6)11)15(17)18/h2-4H,1H3,(H,12,14,16). The van der Waals surface area contributed by atoms with Crippen molar-refractivity contribution in [2.75, 3.05) is 5.32 Å². The summed E-state index contributed by atoms with van der Waals surface area (Å²) in [6.45, 7) is 1.56. The van der Waals surface area contributed by atoms with E-state index in [1.165, 1.54) is 18.2 Å². The van der Waals surface area contributed by atoms with Gasteiger partial charge in [-0.1, -0.05) is 22.8 Å². The number of hydrogen-bond acceptors (Lipinski definition) is 6. The Hall–Kier alpha value is -2.48. The van der Waals surface area contributed by atoms with Crippen LogP contribution in [0.3, 0.4) is 0 Å². The number of anilines is 1. The zero-order valence-corrected chi connectivity index (χ0v) is 10.3. The number of benzene rings is 1. The number of hydrogen-bond donors (Lipinski definition) is 1.